The summed E-state index contributed by atoms with van der Waals surface area (Å²) in [4.78, 5) is 0. The van der Waals surface area contributed by atoms with Gasteiger partial charge >= 0.3 is 7.69 Å². The molecule has 0 aromatic heterocycles. The van der Waals surface area contributed by atoms with E-state index in [0.29, 0.717) is 24.7 Å². The number of benzene rings is 2. The number of ether oxygens (including phenoxy) is 2. The number of unbranched alkanes of at least 4 members (excludes halogenated alkanes) is 10. The molecular formula is C28H41BF2O4. The van der Waals surface area contributed by atoms with Crippen LogP contribution in [0.15, 0.2) is 36.4 Å². The van der Waals surface area contributed by atoms with Gasteiger partial charge in [0.2, 0.25) is 0 Å². The van der Waals surface area contributed by atoms with Crippen LogP contribution < -0.4 is 18.8 Å². The molecule has 7 heteroatoms. The molecule has 0 saturated carbocycles. The van der Waals surface area contributed by atoms with E-state index in [2.05, 4.69) is 13.8 Å². The highest BCUT2D eigenvalue weighted by Crippen LogP contribution is 2.25. The summed E-state index contributed by atoms with van der Waals surface area (Å²) in [5.74, 6) is 0.0937. The summed E-state index contributed by atoms with van der Waals surface area (Å²) in [7, 11) is -0.172. The molecule has 2 aromatic carbocycles. The van der Waals surface area contributed by atoms with E-state index in [9.17, 15) is 8.78 Å². The Morgan fingerprint density at radius 2 is 0.971 bits per heavy atom. The number of hydrogen-bond acceptors (Lipinski definition) is 4. The molecule has 0 N–H and O–H groups in total. The van der Waals surface area contributed by atoms with Crippen molar-refractivity contribution in [3.8, 4) is 23.0 Å². The van der Waals surface area contributed by atoms with Crippen molar-refractivity contribution in [2.24, 2.45) is 0 Å². The molecule has 35 heavy (non-hydrogen) atoms. The third-order valence-electron chi connectivity index (χ3n) is 5.77. The van der Waals surface area contributed by atoms with Crippen molar-refractivity contribution in [3.63, 3.8) is 0 Å². The Morgan fingerprint density at radius 1 is 0.571 bits per heavy atom. The van der Waals surface area contributed by atoms with Crippen LogP contribution in [0.4, 0.5) is 8.78 Å². The zero-order chi connectivity index (χ0) is 25.1. The molecule has 0 bridgehead atoms. The highest BCUT2D eigenvalue weighted by atomic mass is 19.1. The van der Waals surface area contributed by atoms with Crippen LogP contribution in [-0.4, -0.2) is 20.9 Å². The first-order valence-corrected chi connectivity index (χ1v) is 13.2. The second-order valence-corrected chi connectivity index (χ2v) is 8.82. The van der Waals surface area contributed by atoms with Gasteiger partial charge in [-0.15, -0.1) is 0 Å². The first-order valence-electron chi connectivity index (χ1n) is 13.2. The Balaban J connectivity index is 1.65. The van der Waals surface area contributed by atoms with Gasteiger partial charge in [0.05, 0.1) is 13.2 Å². The fraction of sp³-hybridized carbons (Fsp3) is 0.571. The summed E-state index contributed by atoms with van der Waals surface area (Å²) in [5.41, 5.74) is 0. The highest BCUT2D eigenvalue weighted by Gasteiger charge is 2.09. The van der Waals surface area contributed by atoms with E-state index >= 15 is 0 Å². The van der Waals surface area contributed by atoms with E-state index < -0.39 is 11.6 Å². The quantitative estimate of drug-likeness (QED) is 0.139. The Hall–Kier alpha value is -2.44. The molecular weight excluding hydrogens is 449 g/mol. The SMILES string of the molecule is CCCCCCCCOc1ccc(OBOc2ccc(OCCCCCCCC)c(F)c2)cc1F. The molecule has 0 aliphatic heterocycles. The van der Waals surface area contributed by atoms with E-state index in [1.807, 2.05) is 0 Å². The summed E-state index contributed by atoms with van der Waals surface area (Å²) >= 11 is 0. The van der Waals surface area contributed by atoms with Crippen molar-refractivity contribution in [2.45, 2.75) is 90.9 Å². The first kappa shape index (κ1) is 28.8. The van der Waals surface area contributed by atoms with Crippen LogP contribution in [0, 0.1) is 11.6 Å². The average molecular weight is 490 g/mol. The van der Waals surface area contributed by atoms with Gasteiger partial charge in [-0.1, -0.05) is 78.1 Å². The molecule has 194 valence electrons. The molecule has 2 rings (SSSR count). The molecule has 4 nitrogen and oxygen atoms in total. The first-order chi connectivity index (χ1) is 17.1. The minimum Gasteiger partial charge on any atom is -0.528 e. The zero-order valence-corrected chi connectivity index (χ0v) is 21.5. The maximum absolute atomic E-state index is 14.3. The molecule has 0 unspecified atom stereocenters. The smallest absolute Gasteiger partial charge is 0.528 e. The predicted molar refractivity (Wildman–Crippen MR) is 139 cm³/mol. The van der Waals surface area contributed by atoms with Gasteiger partial charge in [0, 0.05) is 12.1 Å². The van der Waals surface area contributed by atoms with Gasteiger partial charge in [-0.3, -0.25) is 0 Å². The van der Waals surface area contributed by atoms with Gasteiger partial charge in [0.25, 0.3) is 0 Å². The van der Waals surface area contributed by atoms with E-state index in [4.69, 9.17) is 18.8 Å². The van der Waals surface area contributed by atoms with Crippen molar-refractivity contribution < 1.29 is 27.6 Å². The second-order valence-electron chi connectivity index (χ2n) is 8.82. The lowest BCUT2D eigenvalue weighted by Crippen LogP contribution is -2.11. The molecule has 0 saturated heterocycles. The predicted octanol–water partition coefficient (Wildman–Crippen LogP) is 8.17. The Bertz CT molecular complexity index is 767. The van der Waals surface area contributed by atoms with Crippen LogP contribution >= 0.6 is 0 Å². The average Bonchev–Trinajstić information content (AvgIpc) is 2.85. The third-order valence-corrected chi connectivity index (χ3v) is 5.77. The molecule has 0 spiro atoms. The topological polar surface area (TPSA) is 36.9 Å². The number of hydrogen-bond donors (Lipinski definition) is 0. The van der Waals surface area contributed by atoms with Gasteiger partial charge in [0.1, 0.15) is 11.5 Å². The van der Waals surface area contributed by atoms with Crippen LogP contribution in [0.1, 0.15) is 90.9 Å². The minimum absolute atomic E-state index is 0.172. The van der Waals surface area contributed by atoms with E-state index in [1.54, 1.807) is 24.3 Å². The summed E-state index contributed by atoms with van der Waals surface area (Å²) in [6.07, 6.45) is 13.8. The lowest BCUT2D eigenvalue weighted by atomic mass is 10.1. The number of rotatable bonds is 20. The Kier molecular flexibility index (Phi) is 14.7. The fourth-order valence-corrected chi connectivity index (χ4v) is 3.67. The molecule has 0 radical (unpaired) electrons. The van der Waals surface area contributed by atoms with Gasteiger partial charge in [0.15, 0.2) is 23.1 Å². The van der Waals surface area contributed by atoms with Gasteiger partial charge in [-0.2, -0.15) is 0 Å². The monoisotopic (exact) mass is 490 g/mol. The summed E-state index contributed by atoms with van der Waals surface area (Å²) in [6.45, 7) is 5.37. The maximum atomic E-state index is 14.3. The van der Waals surface area contributed by atoms with Crippen molar-refractivity contribution in [1.29, 1.82) is 0 Å². The number of halogens is 2. The van der Waals surface area contributed by atoms with Crippen LogP contribution in [0.5, 0.6) is 23.0 Å². The molecule has 0 aliphatic carbocycles. The van der Waals surface area contributed by atoms with Crippen molar-refractivity contribution in [1.82, 2.24) is 0 Å². The van der Waals surface area contributed by atoms with Crippen LogP contribution in [0.3, 0.4) is 0 Å². The van der Waals surface area contributed by atoms with E-state index in [-0.39, 0.29) is 19.2 Å². The molecule has 0 heterocycles. The zero-order valence-electron chi connectivity index (χ0n) is 21.5. The lowest BCUT2D eigenvalue weighted by Gasteiger charge is -2.11. The molecule has 0 aliphatic rings. The maximum Gasteiger partial charge on any atom is 0.576 e. The third kappa shape index (κ3) is 12.2. The van der Waals surface area contributed by atoms with Gasteiger partial charge in [-0.05, 0) is 37.1 Å². The molecule has 0 amide bonds. The largest absolute Gasteiger partial charge is 0.576 e. The van der Waals surface area contributed by atoms with Crippen LogP contribution in [0.2, 0.25) is 0 Å². The van der Waals surface area contributed by atoms with E-state index in [1.165, 1.54) is 63.5 Å². The second kappa shape index (κ2) is 17.9. The fourth-order valence-electron chi connectivity index (χ4n) is 3.67. The molecule has 2 aromatic rings. The van der Waals surface area contributed by atoms with Crippen LogP contribution in [-0.2, 0) is 0 Å². The Morgan fingerprint density at radius 3 is 1.37 bits per heavy atom. The minimum atomic E-state index is -0.480. The van der Waals surface area contributed by atoms with Gasteiger partial charge in [-0.25, -0.2) is 8.78 Å². The summed E-state index contributed by atoms with van der Waals surface area (Å²) in [6, 6.07) is 8.89. The standard InChI is InChI=1S/C28H41BF2O4/c1-3-5-7-9-11-13-19-32-27-17-15-23(21-25(27)30)34-29-35-24-16-18-28(26(31)22-24)33-20-14-12-10-8-6-4-2/h15-18,21-22,29H,3-14,19-20H2,1-2H3. The van der Waals surface area contributed by atoms with Crippen molar-refractivity contribution in [3.05, 3.63) is 48.0 Å². The highest BCUT2D eigenvalue weighted by molar-refractivity contribution is 6.20. The van der Waals surface area contributed by atoms with Gasteiger partial charge < -0.3 is 18.8 Å². The van der Waals surface area contributed by atoms with Crippen molar-refractivity contribution >= 4 is 7.69 Å². The van der Waals surface area contributed by atoms with Crippen molar-refractivity contribution in [2.75, 3.05) is 13.2 Å². The summed E-state index contributed by atoms with van der Waals surface area (Å²) < 4.78 is 50.5. The summed E-state index contributed by atoms with van der Waals surface area (Å²) in [5, 5.41) is 0. The normalized spacial score (nSPS) is 10.7. The van der Waals surface area contributed by atoms with E-state index in [0.717, 1.165) is 25.7 Å². The lowest BCUT2D eigenvalue weighted by molar-refractivity contribution is 0.289. The molecule has 0 fully saturated rings. The molecule has 0 atom stereocenters. The Labute approximate surface area is 210 Å². The van der Waals surface area contributed by atoms with Crippen LogP contribution in [0.25, 0.3) is 0 Å².